The Morgan fingerprint density at radius 1 is 1.17 bits per heavy atom. The molecule has 7 nitrogen and oxygen atoms in total. The minimum Gasteiger partial charge on any atom is -0.407 e. The van der Waals surface area contributed by atoms with Crippen molar-refractivity contribution in [3.05, 3.63) is 59.3 Å². The van der Waals surface area contributed by atoms with Crippen molar-refractivity contribution < 1.29 is 13.7 Å². The Morgan fingerprint density at radius 3 is 2.61 bits per heavy atom. The summed E-state index contributed by atoms with van der Waals surface area (Å²) in [7, 11) is 0. The highest BCUT2D eigenvalue weighted by Crippen LogP contribution is 2.17. The number of carbonyl (C=O) groups excluding carboxylic acids is 1. The second kappa shape index (κ2) is 6.43. The van der Waals surface area contributed by atoms with Gasteiger partial charge in [0.1, 0.15) is 0 Å². The number of amides is 1. The summed E-state index contributed by atoms with van der Waals surface area (Å²) in [6.45, 7) is 4.30. The molecule has 0 saturated carbocycles. The Kier molecular flexibility index (Phi) is 4.18. The second-order valence-electron chi connectivity index (χ2n) is 5.40. The molecule has 118 valence electrons. The van der Waals surface area contributed by atoms with Crippen LogP contribution in [0.5, 0.6) is 0 Å². The molecule has 1 amide bonds. The molecule has 0 atom stereocenters. The topological polar surface area (TPSA) is 94.1 Å². The van der Waals surface area contributed by atoms with E-state index in [0.29, 0.717) is 18.2 Å². The number of benzene rings is 1. The van der Waals surface area contributed by atoms with E-state index in [1.165, 1.54) is 17.8 Å². The maximum Gasteiger partial charge on any atom is 0.322 e. The van der Waals surface area contributed by atoms with Crippen LogP contribution in [0.25, 0.3) is 0 Å². The molecule has 23 heavy (non-hydrogen) atoms. The minimum absolute atomic E-state index is 0.0280. The van der Waals surface area contributed by atoms with Crippen molar-refractivity contribution in [1.82, 2.24) is 15.4 Å². The number of hydrogen-bond acceptors (Lipinski definition) is 6. The third kappa shape index (κ3) is 3.63. The molecular formula is C16H16N4O3. The molecular weight excluding hydrogens is 296 g/mol. The van der Waals surface area contributed by atoms with E-state index in [2.05, 4.69) is 46.7 Å². The number of anilines is 1. The van der Waals surface area contributed by atoms with E-state index in [9.17, 15) is 4.79 Å². The molecule has 1 N–H and O–H groups in total. The zero-order valence-electron chi connectivity index (χ0n) is 12.8. The molecule has 3 rings (SSSR count). The van der Waals surface area contributed by atoms with Gasteiger partial charge in [-0.05, 0) is 17.0 Å². The van der Waals surface area contributed by atoms with Gasteiger partial charge in [0.15, 0.2) is 0 Å². The zero-order valence-corrected chi connectivity index (χ0v) is 12.8. The van der Waals surface area contributed by atoms with Crippen LogP contribution in [0.2, 0.25) is 0 Å². The smallest absolute Gasteiger partial charge is 0.322 e. The van der Waals surface area contributed by atoms with Crippen LogP contribution in [0.15, 0.2) is 45.5 Å². The van der Waals surface area contributed by atoms with Gasteiger partial charge in [-0.2, -0.15) is 0 Å². The highest BCUT2D eigenvalue weighted by atomic mass is 16.5. The molecule has 1 aromatic carbocycles. The average molecular weight is 312 g/mol. The molecule has 0 aliphatic carbocycles. The number of hydrogen-bond donors (Lipinski definition) is 1. The van der Waals surface area contributed by atoms with Gasteiger partial charge in [-0.3, -0.25) is 10.1 Å². The van der Waals surface area contributed by atoms with E-state index in [1.54, 1.807) is 0 Å². The van der Waals surface area contributed by atoms with Crippen LogP contribution in [0, 0.1) is 0 Å². The maximum atomic E-state index is 11.8. The van der Waals surface area contributed by atoms with Crippen LogP contribution >= 0.6 is 0 Å². The van der Waals surface area contributed by atoms with Crippen molar-refractivity contribution in [2.45, 2.75) is 26.2 Å². The first-order valence-corrected chi connectivity index (χ1v) is 7.25. The highest BCUT2D eigenvalue weighted by Gasteiger charge is 2.14. The summed E-state index contributed by atoms with van der Waals surface area (Å²) in [6.07, 6.45) is 1.89. The molecule has 2 heterocycles. The number of aromatic nitrogens is 3. The quantitative estimate of drug-likeness (QED) is 0.778. The number of nitrogens with zero attached hydrogens (tertiary/aromatic N) is 3. The van der Waals surface area contributed by atoms with E-state index < -0.39 is 5.91 Å². The largest absolute Gasteiger partial charge is 0.407 e. The predicted octanol–water partition coefficient (Wildman–Crippen LogP) is 3.02. The van der Waals surface area contributed by atoms with Gasteiger partial charge in [-0.1, -0.05) is 48.4 Å². The number of carbonyl (C=O) groups is 1. The lowest BCUT2D eigenvalue weighted by molar-refractivity contribution is 0.0985. The van der Waals surface area contributed by atoms with E-state index in [-0.39, 0.29) is 11.8 Å². The van der Waals surface area contributed by atoms with Crippen molar-refractivity contribution in [3.63, 3.8) is 0 Å². The first-order chi connectivity index (χ1) is 11.1. The molecule has 0 bridgehead atoms. The van der Waals surface area contributed by atoms with Gasteiger partial charge in [0.05, 0.1) is 12.6 Å². The standard InChI is InChI=1S/C16H16N4O3/c1-10(2)12-5-3-11(4-6-12)9-14-19-20-16(22-14)18-15(21)13-7-8-17-23-13/h3-8,10H,9H2,1-2H3,(H,18,20,21). The molecule has 0 spiro atoms. The number of rotatable bonds is 5. The van der Waals surface area contributed by atoms with E-state index >= 15 is 0 Å². The van der Waals surface area contributed by atoms with Crippen molar-refractivity contribution in [1.29, 1.82) is 0 Å². The first-order valence-electron chi connectivity index (χ1n) is 7.25. The van der Waals surface area contributed by atoms with Crippen LogP contribution in [0.3, 0.4) is 0 Å². The van der Waals surface area contributed by atoms with Gasteiger partial charge < -0.3 is 8.94 Å². The summed E-state index contributed by atoms with van der Waals surface area (Å²) in [5.41, 5.74) is 2.34. The summed E-state index contributed by atoms with van der Waals surface area (Å²) < 4.78 is 10.2. The molecule has 0 unspecified atom stereocenters. The lowest BCUT2D eigenvalue weighted by atomic mass is 10.0. The van der Waals surface area contributed by atoms with E-state index in [1.807, 2.05) is 12.1 Å². The summed E-state index contributed by atoms with van der Waals surface area (Å²) in [4.78, 5) is 11.8. The molecule has 3 aromatic rings. The van der Waals surface area contributed by atoms with Gasteiger partial charge in [0, 0.05) is 6.07 Å². The molecule has 0 radical (unpaired) electrons. The van der Waals surface area contributed by atoms with Crippen molar-refractivity contribution in [2.75, 3.05) is 5.32 Å². The average Bonchev–Trinajstić information content (AvgIpc) is 3.19. The Balaban J connectivity index is 1.64. The fourth-order valence-corrected chi connectivity index (χ4v) is 2.06. The molecule has 0 saturated heterocycles. The third-order valence-electron chi connectivity index (χ3n) is 3.35. The molecule has 7 heteroatoms. The van der Waals surface area contributed by atoms with Crippen molar-refractivity contribution >= 4 is 11.9 Å². The lowest BCUT2D eigenvalue weighted by Crippen LogP contribution is -2.11. The van der Waals surface area contributed by atoms with Crippen LogP contribution in [0.1, 0.15) is 47.3 Å². The first kappa shape index (κ1) is 15.0. The minimum atomic E-state index is -0.487. The normalized spacial score (nSPS) is 10.9. The van der Waals surface area contributed by atoms with Gasteiger partial charge in [-0.25, -0.2) is 0 Å². The molecule has 0 fully saturated rings. The third-order valence-corrected chi connectivity index (χ3v) is 3.35. The lowest BCUT2D eigenvalue weighted by Gasteiger charge is -2.05. The fraction of sp³-hybridized carbons (Fsp3) is 0.250. The second-order valence-corrected chi connectivity index (χ2v) is 5.40. The van der Waals surface area contributed by atoms with Gasteiger partial charge in [-0.15, -0.1) is 5.10 Å². The summed E-state index contributed by atoms with van der Waals surface area (Å²) >= 11 is 0. The Labute approximate surface area is 132 Å². The summed E-state index contributed by atoms with van der Waals surface area (Å²) in [5.74, 6) is 0.508. The van der Waals surface area contributed by atoms with Gasteiger partial charge >= 0.3 is 6.01 Å². The fourth-order valence-electron chi connectivity index (χ4n) is 2.06. The van der Waals surface area contributed by atoms with Crippen LogP contribution in [-0.4, -0.2) is 21.3 Å². The van der Waals surface area contributed by atoms with Gasteiger partial charge in [0.25, 0.3) is 5.91 Å². The molecule has 2 aromatic heterocycles. The molecule has 0 aliphatic rings. The zero-order chi connectivity index (χ0) is 16.2. The Morgan fingerprint density at radius 2 is 1.96 bits per heavy atom. The van der Waals surface area contributed by atoms with Crippen LogP contribution in [0.4, 0.5) is 6.01 Å². The van der Waals surface area contributed by atoms with Crippen molar-refractivity contribution in [2.24, 2.45) is 0 Å². The Hall–Kier alpha value is -2.96. The summed E-state index contributed by atoms with van der Waals surface area (Å²) in [5, 5.41) is 13.6. The number of nitrogens with one attached hydrogen (secondary N) is 1. The maximum absolute atomic E-state index is 11.8. The SMILES string of the molecule is CC(C)c1ccc(Cc2nnc(NC(=O)c3ccno3)o2)cc1. The highest BCUT2D eigenvalue weighted by molar-refractivity contribution is 6.00. The monoisotopic (exact) mass is 312 g/mol. The summed E-state index contributed by atoms with van der Waals surface area (Å²) in [6, 6.07) is 9.72. The molecule has 0 aliphatic heterocycles. The Bertz CT molecular complexity index is 776. The van der Waals surface area contributed by atoms with Crippen LogP contribution in [-0.2, 0) is 6.42 Å². The van der Waals surface area contributed by atoms with Gasteiger partial charge in [0.2, 0.25) is 11.7 Å². The van der Waals surface area contributed by atoms with Crippen LogP contribution < -0.4 is 5.32 Å². The predicted molar refractivity (Wildman–Crippen MR) is 82.1 cm³/mol. The van der Waals surface area contributed by atoms with Crippen molar-refractivity contribution in [3.8, 4) is 0 Å². The van der Waals surface area contributed by atoms with E-state index in [4.69, 9.17) is 8.94 Å². The van der Waals surface area contributed by atoms with E-state index in [0.717, 1.165) is 5.56 Å².